The monoisotopic (exact) mass is 1480 g/mol. The molecule has 0 aliphatic rings. The Morgan fingerprint density at radius 2 is 0.422 bits per heavy atom. The minimum absolute atomic E-state index is 0.566. The quantitative estimate of drug-likeness (QED) is 0.113. The predicted octanol–water partition coefficient (Wildman–Crippen LogP) is 26.4. The second-order valence-corrected chi connectivity index (χ2v) is 29.6. The number of fused-ring (bicyclic) bond motifs is 12. The second kappa shape index (κ2) is 27.4. The molecule has 0 unspecified atom stereocenters. The minimum atomic E-state index is 0.566. The fourth-order valence-electron chi connectivity index (χ4n) is 17.3. The summed E-state index contributed by atoms with van der Waals surface area (Å²) in [4.78, 5) is 21.1. The lowest BCUT2D eigenvalue weighted by Crippen LogP contribution is -2.04. The van der Waals surface area contributed by atoms with E-state index in [-0.39, 0.29) is 0 Å². The lowest BCUT2D eigenvalue weighted by atomic mass is 9.93. The topological polar surface area (TPSA) is 119 Å². The van der Waals surface area contributed by atoms with Gasteiger partial charge in [0.25, 0.3) is 0 Å². The van der Waals surface area contributed by atoms with E-state index in [1.807, 2.05) is 97.1 Å². The molecule has 6 aromatic heterocycles. The Labute approximate surface area is 667 Å². The normalized spacial score (nSPS) is 11.6. The summed E-state index contributed by atoms with van der Waals surface area (Å²) < 4.78 is 9.20. The van der Waals surface area contributed by atoms with Crippen LogP contribution in [0.2, 0.25) is 0 Å². The third-order valence-electron chi connectivity index (χ3n) is 22.9. The molecule has 16 aromatic carbocycles. The van der Waals surface area contributed by atoms with Gasteiger partial charge in [-0.05, 0) is 207 Å². The number of para-hydroxylation sites is 4. The molecule has 10 nitrogen and oxygen atoms in total. The summed E-state index contributed by atoms with van der Waals surface area (Å²) in [7, 11) is 0. The Hall–Kier alpha value is -16.1. The highest BCUT2D eigenvalue weighted by atomic mass is 15.2. The highest BCUT2D eigenvalue weighted by Gasteiger charge is 2.24. The van der Waals surface area contributed by atoms with E-state index in [0.717, 1.165) is 178 Å². The average Bonchev–Trinajstić information content (AvgIpc) is 1.60. The molecule has 0 radical (unpaired) electrons. The summed E-state index contributed by atoms with van der Waals surface area (Å²) in [6, 6.07) is 142. The maximum Gasteiger partial charge on any atom is 0.235 e. The number of aromatic nitrogens is 8. The van der Waals surface area contributed by atoms with Crippen molar-refractivity contribution in [3.63, 3.8) is 0 Å². The molecular weight excluding hydrogens is 1410 g/mol. The van der Waals surface area contributed by atoms with Crippen LogP contribution in [0.5, 0.6) is 0 Å². The van der Waals surface area contributed by atoms with Crippen LogP contribution >= 0.6 is 0 Å². The van der Waals surface area contributed by atoms with Crippen LogP contribution in [0.25, 0.3) is 211 Å². The van der Waals surface area contributed by atoms with Crippen molar-refractivity contribution in [3.8, 4) is 136 Å². The van der Waals surface area contributed by atoms with E-state index < -0.39 is 0 Å². The highest BCUT2D eigenvalue weighted by molar-refractivity contribution is 6.15. The average molecular weight is 1480 g/mol. The van der Waals surface area contributed by atoms with Gasteiger partial charge in [0.2, 0.25) is 11.9 Å². The summed E-state index contributed by atoms with van der Waals surface area (Å²) >= 11 is 0. The van der Waals surface area contributed by atoms with Crippen molar-refractivity contribution in [2.75, 3.05) is 0 Å². The molecule has 22 aromatic rings. The highest BCUT2D eigenvalue weighted by Crippen LogP contribution is 2.44. The summed E-state index contributed by atoms with van der Waals surface area (Å²) in [6.07, 6.45) is 0. The maximum absolute atomic E-state index is 9.65. The molecule has 116 heavy (non-hydrogen) atoms. The van der Waals surface area contributed by atoms with Gasteiger partial charge in [0.1, 0.15) is 0 Å². The van der Waals surface area contributed by atoms with E-state index in [1.165, 1.54) is 21.5 Å². The van der Waals surface area contributed by atoms with E-state index in [1.54, 1.807) is 0 Å². The largest absolute Gasteiger partial charge is 0.309 e. The van der Waals surface area contributed by atoms with Gasteiger partial charge in [-0.2, -0.15) is 10.5 Å². The SMILES string of the molecule is N#Cc1ccc(-c2cc(-c3ccccc3)nc(-n3c4ccccc4c4cc(-c5ccc6c(c5)c5ccccc5n6-c5cccc(-c6cc(-c7ccccc7)cc(-c7cccc(-n8c9ccccc9c9cc(-c%10ccc%11c(c%10)c%10ccccc%10n%11-c%10nc(-c%11ccccc%11)cc(-c%11ccc(C#N)cc%11)n%10)ccc98)c7)c6)c5)ccc43)n2)cc1. The Bertz CT molecular complexity index is 7390. The molecule has 0 N–H and O–H groups in total. The van der Waals surface area contributed by atoms with Crippen LogP contribution in [0.15, 0.2) is 388 Å². The number of nitriles is 2. The Morgan fingerprint density at radius 1 is 0.172 bits per heavy atom. The molecule has 0 spiro atoms. The number of hydrogen-bond donors (Lipinski definition) is 0. The van der Waals surface area contributed by atoms with Gasteiger partial charge < -0.3 is 9.13 Å². The predicted molar refractivity (Wildman–Crippen MR) is 473 cm³/mol. The standard InChI is InChI=1S/C106H64N10/c107-65-67-38-42-72(43-39-67)95-63-93(70-22-6-2-7-23-70)109-105(111-95)115-99-36-16-12-32-87(99)91-61-78(48-52-103(91)115)76-46-50-101-89(59-76)85-30-10-14-34-97(85)113(101)83-28-18-26-74(57-83)81-54-80(69-20-4-1-5-21-69)55-82(56-81)75-27-19-29-84(58-75)114-98-35-15-11-31-86(98)90-60-77(47-51-102(90)114)79-49-53-104-92(62-79)88-33-13-17-37-100(88)116(104)106-110-94(71-24-8-3-9-25-71)64-96(112-106)73-44-40-68(66-108)41-45-73/h1-64H. The zero-order valence-electron chi connectivity index (χ0n) is 62.4. The third-order valence-corrected chi connectivity index (χ3v) is 22.9. The fraction of sp³-hybridized carbons (Fsp3) is 0. The minimum Gasteiger partial charge on any atom is -0.309 e. The maximum atomic E-state index is 9.65. The first-order valence-electron chi connectivity index (χ1n) is 38.8. The van der Waals surface area contributed by atoms with E-state index in [0.29, 0.717) is 23.0 Å². The first kappa shape index (κ1) is 66.8. The Kier molecular flexibility index (Phi) is 15.8. The van der Waals surface area contributed by atoms with Gasteiger partial charge >= 0.3 is 0 Å². The Morgan fingerprint density at radius 3 is 0.759 bits per heavy atom. The molecule has 0 saturated heterocycles. The molecule has 0 aliphatic carbocycles. The molecule has 22 rings (SSSR count). The van der Waals surface area contributed by atoms with Crippen molar-refractivity contribution >= 4 is 87.2 Å². The molecule has 0 amide bonds. The van der Waals surface area contributed by atoms with Gasteiger partial charge in [0, 0.05) is 76.7 Å². The number of hydrogen-bond acceptors (Lipinski definition) is 6. The van der Waals surface area contributed by atoms with Crippen LogP contribution in [0.4, 0.5) is 0 Å². The van der Waals surface area contributed by atoms with Gasteiger partial charge in [-0.3, -0.25) is 9.13 Å². The van der Waals surface area contributed by atoms with E-state index in [4.69, 9.17) is 19.9 Å². The number of nitrogens with zero attached hydrogens (tertiary/aromatic N) is 10. The molecule has 0 fully saturated rings. The Balaban J connectivity index is 0.609. The van der Waals surface area contributed by atoms with Gasteiger partial charge in [-0.15, -0.1) is 0 Å². The van der Waals surface area contributed by atoms with Crippen molar-refractivity contribution in [2.45, 2.75) is 0 Å². The van der Waals surface area contributed by atoms with Gasteiger partial charge in [-0.25, -0.2) is 19.9 Å². The van der Waals surface area contributed by atoms with Crippen molar-refractivity contribution in [1.29, 1.82) is 10.5 Å². The molecule has 0 bridgehead atoms. The summed E-state index contributed by atoms with van der Waals surface area (Å²) in [5.41, 5.74) is 29.9. The molecule has 10 heteroatoms. The lowest BCUT2D eigenvalue weighted by molar-refractivity contribution is 0.995. The van der Waals surface area contributed by atoms with Crippen LogP contribution < -0.4 is 0 Å². The summed E-state index contributed by atoms with van der Waals surface area (Å²) in [5.74, 6) is 1.13. The van der Waals surface area contributed by atoms with Crippen LogP contribution in [0, 0.1) is 22.7 Å². The van der Waals surface area contributed by atoms with Crippen LogP contribution in [0.1, 0.15) is 11.1 Å². The van der Waals surface area contributed by atoms with Crippen LogP contribution in [-0.4, -0.2) is 38.2 Å². The summed E-state index contributed by atoms with van der Waals surface area (Å²) in [6.45, 7) is 0. The molecule has 6 heterocycles. The smallest absolute Gasteiger partial charge is 0.235 e. The number of benzene rings is 16. The van der Waals surface area contributed by atoms with Gasteiger partial charge in [-0.1, -0.05) is 237 Å². The first-order chi connectivity index (χ1) is 57.4. The molecule has 538 valence electrons. The second-order valence-electron chi connectivity index (χ2n) is 29.6. The number of rotatable bonds is 13. The third kappa shape index (κ3) is 11.4. The van der Waals surface area contributed by atoms with Gasteiger partial charge in [0.15, 0.2) is 0 Å². The molecule has 0 aliphatic heterocycles. The van der Waals surface area contributed by atoms with Crippen LogP contribution in [0.3, 0.4) is 0 Å². The zero-order valence-corrected chi connectivity index (χ0v) is 62.4. The van der Waals surface area contributed by atoms with Crippen molar-refractivity contribution in [2.24, 2.45) is 0 Å². The zero-order chi connectivity index (χ0) is 76.9. The molecule has 0 atom stereocenters. The van der Waals surface area contributed by atoms with E-state index in [9.17, 15) is 10.5 Å². The fourth-order valence-corrected chi connectivity index (χ4v) is 17.3. The lowest BCUT2D eigenvalue weighted by Gasteiger charge is -2.15. The van der Waals surface area contributed by atoms with Crippen molar-refractivity contribution in [1.82, 2.24) is 38.2 Å². The van der Waals surface area contributed by atoms with Crippen molar-refractivity contribution < 1.29 is 0 Å². The summed E-state index contributed by atoms with van der Waals surface area (Å²) in [5, 5.41) is 28.4. The molecule has 0 saturated carbocycles. The van der Waals surface area contributed by atoms with E-state index in [2.05, 4.69) is 322 Å². The van der Waals surface area contributed by atoms with Crippen LogP contribution in [-0.2, 0) is 0 Å². The van der Waals surface area contributed by atoms with E-state index >= 15 is 0 Å². The first-order valence-corrected chi connectivity index (χ1v) is 38.8. The molecular formula is C106H64N10. The van der Waals surface area contributed by atoms with Gasteiger partial charge in [0.05, 0.1) is 90.2 Å². The van der Waals surface area contributed by atoms with Crippen molar-refractivity contribution in [3.05, 3.63) is 399 Å².